The Balaban J connectivity index is 1.58. The fourth-order valence-corrected chi connectivity index (χ4v) is 6.23. The van der Waals surface area contributed by atoms with Crippen molar-refractivity contribution in [1.82, 2.24) is 4.90 Å². The molecule has 3 aromatic carbocycles. The highest BCUT2D eigenvalue weighted by molar-refractivity contribution is 8.01. The molecule has 2 aliphatic heterocycles. The van der Waals surface area contributed by atoms with Crippen LogP contribution in [0.4, 0.5) is 18.9 Å². The summed E-state index contributed by atoms with van der Waals surface area (Å²) in [6.45, 7) is 0.249. The van der Waals surface area contributed by atoms with Gasteiger partial charge < -0.3 is 14.5 Å². The fraction of sp³-hybridized carbons (Fsp3) is 0.231. The van der Waals surface area contributed by atoms with E-state index in [9.17, 15) is 22.8 Å². The zero-order valence-corrected chi connectivity index (χ0v) is 20.6. The summed E-state index contributed by atoms with van der Waals surface area (Å²) in [4.78, 5) is 29.3. The minimum atomic E-state index is -4.50. The predicted molar refractivity (Wildman–Crippen MR) is 132 cm³/mol. The average molecular weight is 533 g/mol. The summed E-state index contributed by atoms with van der Waals surface area (Å²) in [5.41, 5.74) is 1.03. The summed E-state index contributed by atoms with van der Waals surface area (Å²) in [6.07, 6.45) is -4.50. The quantitative estimate of drug-likeness (QED) is 0.416. The van der Waals surface area contributed by atoms with Gasteiger partial charge in [0.05, 0.1) is 24.9 Å². The summed E-state index contributed by atoms with van der Waals surface area (Å²) in [5.74, 6) is 0.306. The number of fused-ring (bicyclic) bond motifs is 2. The van der Waals surface area contributed by atoms with E-state index < -0.39 is 16.6 Å². The molecule has 0 aliphatic carbocycles. The molecule has 5 nitrogen and oxygen atoms in total. The molecule has 2 amide bonds. The number of halogens is 4. The van der Waals surface area contributed by atoms with Crippen LogP contribution in [0.2, 0.25) is 5.02 Å². The lowest BCUT2D eigenvalue weighted by atomic mass is 10.0. The van der Waals surface area contributed by atoms with E-state index in [-0.39, 0.29) is 18.4 Å². The topological polar surface area (TPSA) is 49.9 Å². The lowest BCUT2D eigenvalue weighted by Crippen LogP contribution is -2.50. The molecule has 186 valence electrons. The van der Waals surface area contributed by atoms with Gasteiger partial charge in [0.25, 0.3) is 11.8 Å². The molecule has 10 heteroatoms. The van der Waals surface area contributed by atoms with Gasteiger partial charge in [0.15, 0.2) is 4.87 Å². The van der Waals surface area contributed by atoms with Gasteiger partial charge in [-0.25, -0.2) is 0 Å². The summed E-state index contributed by atoms with van der Waals surface area (Å²) < 4.78 is 45.3. The van der Waals surface area contributed by atoms with E-state index in [1.807, 2.05) is 0 Å². The zero-order chi connectivity index (χ0) is 25.7. The molecule has 36 heavy (non-hydrogen) atoms. The van der Waals surface area contributed by atoms with Crippen molar-refractivity contribution < 1.29 is 27.5 Å². The van der Waals surface area contributed by atoms with Crippen LogP contribution < -0.4 is 9.64 Å². The second kappa shape index (κ2) is 9.05. The van der Waals surface area contributed by atoms with Gasteiger partial charge in [0.1, 0.15) is 5.75 Å². The van der Waals surface area contributed by atoms with Gasteiger partial charge in [-0.3, -0.25) is 9.59 Å². The molecule has 3 aromatic rings. The van der Waals surface area contributed by atoms with E-state index in [1.54, 1.807) is 48.5 Å². The Hall–Kier alpha value is -3.17. The molecule has 1 saturated heterocycles. The van der Waals surface area contributed by atoms with E-state index in [2.05, 4.69) is 0 Å². The smallest absolute Gasteiger partial charge is 0.416 e. The third-order valence-corrected chi connectivity index (χ3v) is 8.00. The van der Waals surface area contributed by atoms with Gasteiger partial charge in [0, 0.05) is 28.4 Å². The van der Waals surface area contributed by atoms with Gasteiger partial charge in [-0.05, 0) is 60.2 Å². The van der Waals surface area contributed by atoms with Crippen molar-refractivity contribution in [2.75, 3.05) is 24.3 Å². The Morgan fingerprint density at radius 1 is 1.11 bits per heavy atom. The van der Waals surface area contributed by atoms with Gasteiger partial charge in [0.2, 0.25) is 0 Å². The van der Waals surface area contributed by atoms with Gasteiger partial charge in [-0.1, -0.05) is 23.7 Å². The monoisotopic (exact) mass is 532 g/mol. The Labute approximate surface area is 214 Å². The van der Waals surface area contributed by atoms with E-state index in [1.165, 1.54) is 34.7 Å². The van der Waals surface area contributed by atoms with E-state index >= 15 is 0 Å². The van der Waals surface area contributed by atoms with Crippen LogP contribution in [0.1, 0.15) is 27.0 Å². The molecule has 0 aromatic heterocycles. The summed E-state index contributed by atoms with van der Waals surface area (Å²) >= 11 is 7.31. The second-order valence-corrected chi connectivity index (χ2v) is 10.2. The Morgan fingerprint density at radius 3 is 2.56 bits per heavy atom. The number of anilines is 1. The van der Waals surface area contributed by atoms with Crippen LogP contribution >= 0.6 is 23.4 Å². The van der Waals surface area contributed by atoms with Gasteiger partial charge >= 0.3 is 6.18 Å². The maximum Gasteiger partial charge on any atom is 0.416 e. The highest BCUT2D eigenvalue weighted by Crippen LogP contribution is 2.55. The normalized spacial score (nSPS) is 19.2. The molecule has 1 spiro atoms. The highest BCUT2D eigenvalue weighted by atomic mass is 35.5. The summed E-state index contributed by atoms with van der Waals surface area (Å²) in [6, 6.07) is 16.5. The third kappa shape index (κ3) is 4.00. The molecule has 0 N–H and O–H groups in total. The average Bonchev–Trinajstić information content (AvgIpc) is 3.40. The molecule has 2 aliphatic rings. The molecule has 2 heterocycles. The number of carbonyl (C=O) groups excluding carboxylic acids is 2. The Bertz CT molecular complexity index is 1350. The van der Waals surface area contributed by atoms with Crippen molar-refractivity contribution in [2.24, 2.45) is 0 Å². The fourth-order valence-electron chi connectivity index (χ4n) is 4.66. The first kappa shape index (κ1) is 24.5. The molecule has 0 radical (unpaired) electrons. The van der Waals surface area contributed by atoms with E-state index in [0.717, 1.165) is 12.1 Å². The minimum absolute atomic E-state index is 0.0760. The molecular formula is C26H20ClF3N2O3S. The molecule has 5 rings (SSSR count). The molecular weight excluding hydrogens is 513 g/mol. The van der Waals surface area contributed by atoms with Crippen molar-refractivity contribution in [3.05, 3.63) is 94.0 Å². The maximum atomic E-state index is 14.1. The van der Waals surface area contributed by atoms with Crippen molar-refractivity contribution in [2.45, 2.75) is 17.6 Å². The number of nitrogens with zero attached hydrogens (tertiary/aromatic N) is 2. The van der Waals surface area contributed by atoms with Crippen molar-refractivity contribution in [3.63, 3.8) is 0 Å². The lowest BCUT2D eigenvalue weighted by molar-refractivity contribution is -0.137. The highest BCUT2D eigenvalue weighted by Gasteiger charge is 2.59. The number of carbonyl (C=O) groups is 2. The van der Waals surface area contributed by atoms with Gasteiger partial charge in [-0.15, -0.1) is 11.8 Å². The number of methoxy groups -OCH3 is 1. The number of thioether (sulfide) groups is 1. The molecule has 1 atom stereocenters. The van der Waals surface area contributed by atoms with Crippen LogP contribution in [-0.2, 0) is 22.4 Å². The van der Waals surface area contributed by atoms with Crippen molar-refractivity contribution in [1.29, 1.82) is 0 Å². The first-order chi connectivity index (χ1) is 17.1. The number of hydrogen-bond acceptors (Lipinski definition) is 4. The predicted octanol–water partition coefficient (Wildman–Crippen LogP) is 5.96. The van der Waals surface area contributed by atoms with Gasteiger partial charge in [-0.2, -0.15) is 13.2 Å². The maximum absolute atomic E-state index is 14.1. The zero-order valence-electron chi connectivity index (χ0n) is 19.0. The van der Waals surface area contributed by atoms with Crippen molar-refractivity contribution >= 4 is 40.9 Å². The number of alkyl halides is 3. The molecule has 1 fully saturated rings. The first-order valence-electron chi connectivity index (χ1n) is 11.0. The van der Waals surface area contributed by atoms with Crippen molar-refractivity contribution in [3.8, 4) is 5.75 Å². The Kier molecular flexibility index (Phi) is 6.16. The van der Waals surface area contributed by atoms with E-state index in [4.69, 9.17) is 16.3 Å². The van der Waals surface area contributed by atoms with Crippen LogP contribution in [0, 0.1) is 0 Å². The number of rotatable bonds is 4. The first-order valence-corrected chi connectivity index (χ1v) is 12.4. The molecule has 0 bridgehead atoms. The van der Waals surface area contributed by atoms with Crippen LogP contribution in [0.15, 0.2) is 66.7 Å². The number of benzene rings is 3. The summed E-state index contributed by atoms with van der Waals surface area (Å²) in [5, 5.41) is 0.483. The van der Waals surface area contributed by atoms with E-state index in [0.29, 0.717) is 45.4 Å². The minimum Gasteiger partial charge on any atom is -0.497 e. The number of amides is 2. The van der Waals surface area contributed by atoms with Crippen LogP contribution in [-0.4, -0.2) is 36.1 Å². The molecule has 0 saturated carbocycles. The van der Waals surface area contributed by atoms with Crippen LogP contribution in [0.5, 0.6) is 5.75 Å². The van der Waals surface area contributed by atoms with Crippen LogP contribution in [0.25, 0.3) is 0 Å². The lowest BCUT2D eigenvalue weighted by Gasteiger charge is -2.33. The SMILES string of the molecule is COc1ccc2c(c1)C1(SCCN1C(=O)c1ccc(Cl)cc1)C(=O)N2Cc1cccc(C(F)(F)F)c1. The molecule has 1 unspecified atom stereocenters. The number of hydrogen-bond donors (Lipinski definition) is 0. The second-order valence-electron chi connectivity index (χ2n) is 8.43. The summed E-state index contributed by atoms with van der Waals surface area (Å²) in [7, 11) is 1.50. The largest absolute Gasteiger partial charge is 0.497 e. The Morgan fingerprint density at radius 2 is 1.86 bits per heavy atom. The third-order valence-electron chi connectivity index (χ3n) is 6.33. The van der Waals surface area contributed by atoms with Crippen LogP contribution in [0.3, 0.4) is 0 Å². The number of ether oxygens (including phenoxy) is 1. The standard InChI is InChI=1S/C26H20ClF3N2O3S/c1-35-20-9-10-22-21(14-20)25(32(11-12-36-25)23(33)17-5-7-19(27)8-6-17)24(34)31(22)15-16-3-2-4-18(13-16)26(28,29)30/h2-10,13-14H,11-12,15H2,1H3.